The van der Waals surface area contributed by atoms with Crippen LogP contribution in [0.2, 0.25) is 0 Å². The van der Waals surface area contributed by atoms with Gasteiger partial charge in [-0.3, -0.25) is 0 Å². The molecular weight excluding hydrogens is 309 g/mol. The highest BCUT2D eigenvalue weighted by molar-refractivity contribution is 14.1. The highest BCUT2D eigenvalue weighted by atomic mass is 127. The van der Waals surface area contributed by atoms with Gasteiger partial charge in [-0.25, -0.2) is 0 Å². The van der Waals surface area contributed by atoms with Gasteiger partial charge in [0, 0.05) is 3.57 Å². The normalized spacial score (nSPS) is 18.5. The van der Waals surface area contributed by atoms with Gasteiger partial charge in [0.15, 0.2) is 0 Å². The van der Waals surface area contributed by atoms with Gasteiger partial charge < -0.3 is 4.90 Å². The molecule has 0 amide bonds. The molecule has 0 heterocycles. The second-order valence-corrected chi connectivity index (χ2v) is 6.44. The van der Waals surface area contributed by atoms with E-state index in [1.54, 1.807) is 5.56 Å². The van der Waals surface area contributed by atoms with Gasteiger partial charge in [-0.2, -0.15) is 0 Å². The molecule has 2 rings (SSSR count). The van der Waals surface area contributed by atoms with Gasteiger partial charge in [0.2, 0.25) is 0 Å². The number of hydrogen-bond donors (Lipinski definition) is 0. The van der Waals surface area contributed by atoms with Crippen LogP contribution in [0, 0.1) is 3.57 Å². The Labute approximate surface area is 112 Å². The third-order valence-corrected chi connectivity index (χ3v) is 4.52. The quantitative estimate of drug-likeness (QED) is 0.762. The van der Waals surface area contributed by atoms with Crippen molar-refractivity contribution in [3.63, 3.8) is 0 Å². The minimum atomic E-state index is 0.495. The molecule has 1 nitrogen and oxygen atoms in total. The molecule has 1 fully saturated rings. The van der Waals surface area contributed by atoms with Crippen molar-refractivity contribution in [2.45, 2.75) is 31.1 Å². The monoisotopic (exact) mass is 329 g/mol. The fourth-order valence-corrected chi connectivity index (χ4v) is 2.89. The average Bonchev–Trinajstić information content (AvgIpc) is 2.18. The predicted octanol–water partition coefficient (Wildman–Crippen LogP) is 3.66. The fourth-order valence-electron chi connectivity index (χ4n) is 2.53. The van der Waals surface area contributed by atoms with Crippen LogP contribution in [0.1, 0.15) is 31.2 Å². The molecule has 1 aliphatic rings. The van der Waals surface area contributed by atoms with Crippen LogP contribution in [0.5, 0.6) is 0 Å². The molecule has 0 atom stereocenters. The number of hydrogen-bond acceptors (Lipinski definition) is 1. The van der Waals surface area contributed by atoms with Crippen molar-refractivity contribution in [2.75, 3.05) is 20.6 Å². The lowest BCUT2D eigenvalue weighted by molar-refractivity contribution is 0.201. The van der Waals surface area contributed by atoms with Crippen molar-refractivity contribution in [3.8, 4) is 0 Å². The van der Waals surface area contributed by atoms with Crippen molar-refractivity contribution in [1.29, 1.82) is 0 Å². The van der Waals surface area contributed by atoms with Crippen LogP contribution >= 0.6 is 22.6 Å². The van der Waals surface area contributed by atoms with Gasteiger partial charge in [0.05, 0.1) is 0 Å². The van der Waals surface area contributed by atoms with E-state index in [0.29, 0.717) is 5.41 Å². The molecule has 0 aromatic heterocycles. The smallest absolute Gasteiger partial charge is 0.0130 e. The van der Waals surface area contributed by atoms with E-state index in [4.69, 9.17) is 0 Å². The summed E-state index contributed by atoms with van der Waals surface area (Å²) in [5.74, 6) is 0. The first kappa shape index (κ1) is 12.4. The fraction of sp³-hybridized carbons (Fsp3) is 0.571. The summed E-state index contributed by atoms with van der Waals surface area (Å²) in [6.07, 6.45) is 5.46. The summed E-state index contributed by atoms with van der Waals surface area (Å²) in [5, 5.41) is 0. The van der Waals surface area contributed by atoms with Crippen LogP contribution < -0.4 is 0 Å². The third kappa shape index (κ3) is 2.59. The topological polar surface area (TPSA) is 3.24 Å². The van der Waals surface area contributed by atoms with E-state index in [1.807, 2.05) is 0 Å². The van der Waals surface area contributed by atoms with Crippen LogP contribution in [0.15, 0.2) is 24.3 Å². The molecule has 0 unspecified atom stereocenters. The van der Waals surface area contributed by atoms with Gasteiger partial charge in [-0.1, -0.05) is 18.6 Å². The molecule has 2 heteroatoms. The van der Waals surface area contributed by atoms with Crippen molar-refractivity contribution < 1.29 is 0 Å². The SMILES string of the molecule is CN(C)CCC1(c2ccc(I)cc2)CCC1. The average molecular weight is 329 g/mol. The maximum absolute atomic E-state index is 2.38. The molecule has 0 aliphatic heterocycles. The molecule has 0 radical (unpaired) electrons. The van der Waals surface area contributed by atoms with Gasteiger partial charge in [-0.05, 0) is 85.6 Å². The Morgan fingerprint density at radius 1 is 1.19 bits per heavy atom. The molecule has 0 spiro atoms. The van der Waals surface area contributed by atoms with E-state index < -0.39 is 0 Å². The molecule has 0 N–H and O–H groups in total. The van der Waals surface area contributed by atoms with E-state index in [1.165, 1.54) is 35.8 Å². The lowest BCUT2D eigenvalue weighted by atomic mass is 9.62. The molecule has 0 saturated heterocycles. The lowest BCUT2D eigenvalue weighted by Crippen LogP contribution is -2.37. The second-order valence-electron chi connectivity index (χ2n) is 5.19. The maximum atomic E-state index is 2.38. The van der Waals surface area contributed by atoms with Gasteiger partial charge in [0.25, 0.3) is 0 Å². The summed E-state index contributed by atoms with van der Waals surface area (Å²) >= 11 is 2.38. The summed E-state index contributed by atoms with van der Waals surface area (Å²) in [6.45, 7) is 1.20. The van der Waals surface area contributed by atoms with Crippen LogP contribution in [0.25, 0.3) is 0 Å². The first-order valence-electron chi connectivity index (χ1n) is 6.03. The first-order valence-corrected chi connectivity index (χ1v) is 7.11. The second kappa shape index (κ2) is 5.05. The Morgan fingerprint density at radius 3 is 2.25 bits per heavy atom. The van der Waals surface area contributed by atoms with Crippen molar-refractivity contribution in [1.82, 2.24) is 4.90 Å². The minimum Gasteiger partial charge on any atom is -0.309 e. The molecule has 88 valence electrons. The van der Waals surface area contributed by atoms with Crippen LogP contribution in [-0.2, 0) is 5.41 Å². The summed E-state index contributed by atoms with van der Waals surface area (Å²) in [5.41, 5.74) is 2.05. The highest BCUT2D eigenvalue weighted by Crippen LogP contribution is 2.46. The van der Waals surface area contributed by atoms with Gasteiger partial charge >= 0.3 is 0 Å². The zero-order valence-corrected chi connectivity index (χ0v) is 12.3. The number of rotatable bonds is 4. The molecule has 1 aliphatic carbocycles. The predicted molar refractivity (Wildman–Crippen MR) is 77.9 cm³/mol. The summed E-state index contributed by atoms with van der Waals surface area (Å²) in [7, 11) is 4.33. The highest BCUT2D eigenvalue weighted by Gasteiger charge is 2.37. The minimum absolute atomic E-state index is 0.495. The molecule has 16 heavy (non-hydrogen) atoms. The van der Waals surface area contributed by atoms with Gasteiger partial charge in [0.1, 0.15) is 0 Å². The van der Waals surface area contributed by atoms with E-state index >= 15 is 0 Å². The Morgan fingerprint density at radius 2 is 1.81 bits per heavy atom. The van der Waals surface area contributed by atoms with E-state index in [2.05, 4.69) is 65.9 Å². The van der Waals surface area contributed by atoms with Crippen molar-refractivity contribution >= 4 is 22.6 Å². The largest absolute Gasteiger partial charge is 0.309 e. The third-order valence-electron chi connectivity index (χ3n) is 3.80. The summed E-state index contributed by atoms with van der Waals surface area (Å²) in [6, 6.07) is 9.14. The Balaban J connectivity index is 2.11. The first-order chi connectivity index (χ1) is 7.62. The van der Waals surface area contributed by atoms with E-state index in [9.17, 15) is 0 Å². The zero-order valence-electron chi connectivity index (χ0n) is 10.2. The van der Waals surface area contributed by atoms with Crippen molar-refractivity contribution in [2.24, 2.45) is 0 Å². The Hall–Kier alpha value is -0.0900. The molecule has 1 aromatic carbocycles. The number of benzene rings is 1. The molecule has 1 aromatic rings. The van der Waals surface area contributed by atoms with Gasteiger partial charge in [-0.15, -0.1) is 0 Å². The van der Waals surface area contributed by atoms with Crippen LogP contribution in [0.3, 0.4) is 0 Å². The maximum Gasteiger partial charge on any atom is 0.0130 e. The number of nitrogens with zero attached hydrogens (tertiary/aromatic N) is 1. The standard InChI is InChI=1S/C14H20IN/c1-16(2)11-10-14(8-3-9-14)12-4-6-13(15)7-5-12/h4-7H,3,8-11H2,1-2H3. The molecule has 0 bridgehead atoms. The Bertz CT molecular complexity index is 338. The van der Waals surface area contributed by atoms with Crippen LogP contribution in [-0.4, -0.2) is 25.5 Å². The number of halogens is 1. The summed E-state index contributed by atoms with van der Waals surface area (Å²) < 4.78 is 1.34. The van der Waals surface area contributed by atoms with E-state index in [0.717, 1.165) is 0 Å². The van der Waals surface area contributed by atoms with Crippen molar-refractivity contribution in [3.05, 3.63) is 33.4 Å². The van der Waals surface area contributed by atoms with Crippen LogP contribution in [0.4, 0.5) is 0 Å². The lowest BCUT2D eigenvalue weighted by Gasteiger charge is -2.43. The van der Waals surface area contributed by atoms with E-state index in [-0.39, 0.29) is 0 Å². The molecular formula is C14H20IN. The summed E-state index contributed by atoms with van der Waals surface area (Å²) in [4.78, 5) is 2.30. The molecule has 1 saturated carbocycles. The Kier molecular flexibility index (Phi) is 3.90. The zero-order chi connectivity index (χ0) is 11.6.